The van der Waals surface area contributed by atoms with Gasteiger partial charge in [0.1, 0.15) is 22.4 Å². The summed E-state index contributed by atoms with van der Waals surface area (Å²) in [5.41, 5.74) is 3.29. The molecule has 0 aliphatic rings. The smallest absolute Gasteiger partial charge is 0.168 e. The van der Waals surface area contributed by atoms with E-state index in [1.54, 1.807) is 12.1 Å². The van der Waals surface area contributed by atoms with Crippen molar-refractivity contribution in [3.05, 3.63) is 47.4 Å². The van der Waals surface area contributed by atoms with Crippen LogP contribution in [0.15, 0.2) is 26.2 Å². The van der Waals surface area contributed by atoms with Gasteiger partial charge in [-0.25, -0.2) is 4.98 Å². The standard InChI is InChI=1S/C13H5Br2Cl3N4O/c14-7-1-5(2-8(15)11(7)23)4-20-22-13-10(17)9(16)6(3-19)12(18)21-13/h1-2,4,23H,(H,21,22). The number of nitriles is 1. The van der Waals surface area contributed by atoms with E-state index < -0.39 is 0 Å². The molecule has 2 rings (SSSR count). The minimum absolute atomic E-state index is 0.000686. The van der Waals surface area contributed by atoms with Crippen molar-refractivity contribution in [2.24, 2.45) is 5.10 Å². The highest BCUT2D eigenvalue weighted by Gasteiger charge is 2.15. The van der Waals surface area contributed by atoms with Crippen molar-refractivity contribution < 1.29 is 5.11 Å². The zero-order valence-corrected chi connectivity index (χ0v) is 16.4. The number of pyridine rings is 1. The number of halogens is 5. The van der Waals surface area contributed by atoms with Crippen LogP contribution in [0.2, 0.25) is 15.2 Å². The van der Waals surface area contributed by atoms with Crippen LogP contribution in [0.1, 0.15) is 11.1 Å². The number of phenolic OH excluding ortho intramolecular Hbond substituents is 1. The van der Waals surface area contributed by atoms with Gasteiger partial charge < -0.3 is 5.11 Å². The summed E-state index contributed by atoms with van der Waals surface area (Å²) < 4.78 is 1.02. The van der Waals surface area contributed by atoms with Crippen LogP contribution >= 0.6 is 66.7 Å². The Morgan fingerprint density at radius 1 is 1.22 bits per heavy atom. The third-order valence-corrected chi connectivity index (χ3v) is 4.90. The first kappa shape index (κ1) is 18.3. The number of rotatable bonds is 3. The zero-order valence-electron chi connectivity index (χ0n) is 10.9. The third-order valence-electron chi connectivity index (χ3n) is 2.57. The molecule has 1 aromatic heterocycles. The highest BCUT2D eigenvalue weighted by molar-refractivity contribution is 9.11. The summed E-state index contributed by atoms with van der Waals surface area (Å²) in [6.07, 6.45) is 1.48. The Morgan fingerprint density at radius 2 is 1.83 bits per heavy atom. The highest BCUT2D eigenvalue weighted by Crippen LogP contribution is 2.35. The van der Waals surface area contributed by atoms with Gasteiger partial charge in [-0.2, -0.15) is 10.4 Å². The molecule has 0 saturated heterocycles. The lowest BCUT2D eigenvalue weighted by Crippen LogP contribution is -1.98. The van der Waals surface area contributed by atoms with Gasteiger partial charge in [0.2, 0.25) is 0 Å². The molecule has 23 heavy (non-hydrogen) atoms. The normalized spacial score (nSPS) is 10.8. The Bertz CT molecular complexity index is 829. The topological polar surface area (TPSA) is 81.3 Å². The molecular formula is C13H5Br2Cl3N4O. The van der Waals surface area contributed by atoms with Crippen molar-refractivity contribution in [3.63, 3.8) is 0 Å². The fourth-order valence-corrected chi connectivity index (χ4v) is 3.40. The number of aromatic nitrogens is 1. The predicted molar refractivity (Wildman–Crippen MR) is 98.7 cm³/mol. The molecule has 0 amide bonds. The van der Waals surface area contributed by atoms with Gasteiger partial charge in [-0.05, 0) is 49.6 Å². The Kier molecular flexibility index (Phi) is 6.12. The summed E-state index contributed by atoms with van der Waals surface area (Å²) in [6, 6.07) is 5.15. The highest BCUT2D eigenvalue weighted by atomic mass is 79.9. The van der Waals surface area contributed by atoms with Gasteiger partial charge in [-0.15, -0.1) is 0 Å². The van der Waals surface area contributed by atoms with Crippen molar-refractivity contribution in [1.82, 2.24) is 4.98 Å². The van der Waals surface area contributed by atoms with Gasteiger partial charge in [0.15, 0.2) is 11.0 Å². The maximum Gasteiger partial charge on any atom is 0.168 e. The number of phenols is 1. The minimum Gasteiger partial charge on any atom is -0.506 e. The van der Waals surface area contributed by atoms with Gasteiger partial charge in [0.25, 0.3) is 0 Å². The fourth-order valence-electron chi connectivity index (χ4n) is 1.50. The van der Waals surface area contributed by atoms with Crippen LogP contribution in [0.25, 0.3) is 0 Å². The number of hydrazone groups is 1. The fraction of sp³-hybridized carbons (Fsp3) is 0. The lowest BCUT2D eigenvalue weighted by molar-refractivity contribution is 0.468. The first-order valence-electron chi connectivity index (χ1n) is 5.76. The molecule has 5 nitrogen and oxygen atoms in total. The summed E-state index contributed by atoms with van der Waals surface area (Å²) in [7, 11) is 0. The lowest BCUT2D eigenvalue weighted by Gasteiger charge is -2.07. The van der Waals surface area contributed by atoms with Crippen LogP contribution in [-0.2, 0) is 0 Å². The van der Waals surface area contributed by atoms with E-state index in [-0.39, 0.29) is 32.3 Å². The monoisotopic (exact) mass is 496 g/mol. The SMILES string of the molecule is N#Cc1c(Cl)nc(NN=Cc2cc(Br)c(O)c(Br)c2)c(Cl)c1Cl. The van der Waals surface area contributed by atoms with E-state index in [0.29, 0.717) is 14.5 Å². The van der Waals surface area contributed by atoms with Crippen LogP contribution in [0.4, 0.5) is 5.82 Å². The van der Waals surface area contributed by atoms with E-state index in [1.807, 2.05) is 6.07 Å². The van der Waals surface area contributed by atoms with Gasteiger partial charge >= 0.3 is 0 Å². The molecule has 0 saturated carbocycles. The molecular weight excluding hydrogens is 494 g/mol. The van der Waals surface area contributed by atoms with E-state index >= 15 is 0 Å². The summed E-state index contributed by atoms with van der Waals surface area (Å²) in [5, 5.41) is 22.5. The number of nitrogens with zero attached hydrogens (tertiary/aromatic N) is 3. The van der Waals surface area contributed by atoms with Crippen molar-refractivity contribution in [1.29, 1.82) is 5.26 Å². The second-order valence-electron chi connectivity index (χ2n) is 4.07. The second kappa shape index (κ2) is 7.69. The van der Waals surface area contributed by atoms with Crippen molar-refractivity contribution >= 4 is 78.7 Å². The maximum atomic E-state index is 9.64. The molecule has 10 heteroatoms. The van der Waals surface area contributed by atoms with E-state index in [0.717, 1.165) is 0 Å². The third kappa shape index (κ3) is 4.08. The predicted octanol–water partition coefficient (Wildman–Crippen LogP) is 5.59. The Morgan fingerprint density at radius 3 is 2.39 bits per heavy atom. The molecule has 0 fully saturated rings. The van der Waals surface area contributed by atoms with Gasteiger partial charge in [-0.1, -0.05) is 34.8 Å². The molecule has 0 spiro atoms. The number of benzene rings is 1. The summed E-state index contributed by atoms with van der Waals surface area (Å²) in [4.78, 5) is 3.93. The molecule has 0 aliphatic carbocycles. The minimum atomic E-state index is -0.0743. The molecule has 118 valence electrons. The first-order valence-corrected chi connectivity index (χ1v) is 8.48. The average Bonchev–Trinajstić information content (AvgIpc) is 2.50. The lowest BCUT2D eigenvalue weighted by atomic mass is 10.2. The maximum absolute atomic E-state index is 9.64. The summed E-state index contributed by atoms with van der Waals surface area (Å²) in [6.45, 7) is 0. The number of aromatic hydroxyl groups is 1. The van der Waals surface area contributed by atoms with Gasteiger partial charge in [0.05, 0.1) is 20.2 Å². The van der Waals surface area contributed by atoms with Crippen LogP contribution < -0.4 is 5.43 Å². The summed E-state index contributed by atoms with van der Waals surface area (Å²) >= 11 is 24.3. The van der Waals surface area contributed by atoms with Crippen LogP contribution in [0, 0.1) is 11.3 Å². The Labute approximate surface area is 163 Å². The van der Waals surface area contributed by atoms with Gasteiger partial charge in [0, 0.05) is 0 Å². The number of nitrogens with one attached hydrogen (secondary N) is 1. The Balaban J connectivity index is 2.27. The first-order chi connectivity index (χ1) is 10.8. The average molecular weight is 499 g/mol. The van der Waals surface area contributed by atoms with Crippen LogP contribution in [0.3, 0.4) is 0 Å². The molecule has 0 atom stereocenters. The largest absolute Gasteiger partial charge is 0.506 e. The van der Waals surface area contributed by atoms with E-state index in [9.17, 15) is 5.11 Å². The summed E-state index contributed by atoms with van der Waals surface area (Å²) in [5.74, 6) is 0.208. The number of hydrogen-bond acceptors (Lipinski definition) is 5. The number of anilines is 1. The van der Waals surface area contributed by atoms with E-state index in [4.69, 9.17) is 40.1 Å². The van der Waals surface area contributed by atoms with Crippen molar-refractivity contribution in [2.45, 2.75) is 0 Å². The molecule has 0 bridgehead atoms. The van der Waals surface area contributed by atoms with Crippen molar-refractivity contribution in [2.75, 3.05) is 5.43 Å². The van der Waals surface area contributed by atoms with Gasteiger partial charge in [-0.3, -0.25) is 5.43 Å². The van der Waals surface area contributed by atoms with E-state index in [2.05, 4.69) is 47.4 Å². The molecule has 0 radical (unpaired) electrons. The Hall–Kier alpha value is -1.04. The quantitative estimate of drug-likeness (QED) is 0.328. The molecule has 2 N–H and O–H groups in total. The molecule has 0 aliphatic heterocycles. The molecule has 0 unspecified atom stereocenters. The number of hydrogen-bond donors (Lipinski definition) is 2. The van der Waals surface area contributed by atoms with Crippen LogP contribution in [-0.4, -0.2) is 16.3 Å². The zero-order chi connectivity index (χ0) is 17.1. The molecule has 1 aromatic carbocycles. The second-order valence-corrected chi connectivity index (χ2v) is 6.89. The van der Waals surface area contributed by atoms with E-state index in [1.165, 1.54) is 6.21 Å². The van der Waals surface area contributed by atoms with Crippen LogP contribution in [0.5, 0.6) is 5.75 Å². The molecule has 1 heterocycles. The van der Waals surface area contributed by atoms with Crippen molar-refractivity contribution in [3.8, 4) is 11.8 Å². The molecule has 2 aromatic rings.